The van der Waals surface area contributed by atoms with Crippen molar-refractivity contribution >= 4 is 51.7 Å². The summed E-state index contributed by atoms with van der Waals surface area (Å²) < 4.78 is 0. The van der Waals surface area contributed by atoms with Crippen molar-refractivity contribution in [1.29, 1.82) is 0 Å². The first-order valence-electron chi connectivity index (χ1n) is 9.14. The lowest BCUT2D eigenvalue weighted by atomic mass is 10.1. The van der Waals surface area contributed by atoms with Gasteiger partial charge in [0, 0.05) is 15.6 Å². The van der Waals surface area contributed by atoms with Crippen LogP contribution in [0.25, 0.3) is 5.57 Å². The van der Waals surface area contributed by atoms with Gasteiger partial charge in [-0.3, -0.25) is 9.59 Å². The number of halogens is 1. The monoisotopic (exact) mass is 422 g/mol. The molecule has 29 heavy (non-hydrogen) atoms. The van der Waals surface area contributed by atoms with Crippen molar-refractivity contribution in [3.8, 4) is 0 Å². The quantitative estimate of drug-likeness (QED) is 0.547. The van der Waals surface area contributed by atoms with E-state index in [0.29, 0.717) is 16.3 Å². The minimum atomic E-state index is -0.360. The van der Waals surface area contributed by atoms with Crippen LogP contribution in [0, 0.1) is 20.8 Å². The van der Waals surface area contributed by atoms with Crippen LogP contribution in [0.4, 0.5) is 11.4 Å². The second-order valence-corrected chi connectivity index (χ2v) is 8.43. The Labute approximate surface area is 178 Å². The van der Waals surface area contributed by atoms with Crippen LogP contribution < -0.4 is 10.2 Å². The van der Waals surface area contributed by atoms with Crippen molar-refractivity contribution in [3.05, 3.63) is 86.2 Å². The van der Waals surface area contributed by atoms with E-state index in [1.165, 1.54) is 16.2 Å². The van der Waals surface area contributed by atoms with E-state index < -0.39 is 0 Å². The molecule has 0 spiro atoms. The van der Waals surface area contributed by atoms with E-state index >= 15 is 0 Å². The van der Waals surface area contributed by atoms with E-state index in [9.17, 15) is 9.59 Å². The highest BCUT2D eigenvalue weighted by Crippen LogP contribution is 2.37. The van der Waals surface area contributed by atoms with Gasteiger partial charge in [0.25, 0.3) is 11.8 Å². The topological polar surface area (TPSA) is 49.4 Å². The Balaban J connectivity index is 1.84. The number of hydrogen-bond acceptors (Lipinski definition) is 4. The van der Waals surface area contributed by atoms with Gasteiger partial charge in [0.2, 0.25) is 0 Å². The molecular formula is C23H19ClN2O2S. The summed E-state index contributed by atoms with van der Waals surface area (Å²) in [5, 5.41) is 5.72. The molecule has 0 saturated carbocycles. The van der Waals surface area contributed by atoms with Crippen LogP contribution in [0.15, 0.2) is 59.6 Å². The highest BCUT2D eigenvalue weighted by Gasteiger charge is 2.41. The number of amides is 2. The molecule has 1 aliphatic heterocycles. The summed E-state index contributed by atoms with van der Waals surface area (Å²) in [6.45, 7) is 5.75. The molecule has 1 N–H and O–H groups in total. The molecule has 0 unspecified atom stereocenters. The molecule has 3 aromatic rings. The Bertz CT molecular complexity index is 1170. The summed E-state index contributed by atoms with van der Waals surface area (Å²) in [7, 11) is 0. The lowest BCUT2D eigenvalue weighted by molar-refractivity contribution is -0.120. The zero-order chi connectivity index (χ0) is 20.7. The van der Waals surface area contributed by atoms with Gasteiger partial charge < -0.3 is 5.32 Å². The average Bonchev–Trinajstić information content (AvgIpc) is 3.27. The van der Waals surface area contributed by atoms with Crippen molar-refractivity contribution in [2.24, 2.45) is 0 Å². The van der Waals surface area contributed by atoms with Gasteiger partial charge in [0.05, 0.1) is 11.3 Å². The molecular weight excluding hydrogens is 404 g/mol. The third-order valence-corrected chi connectivity index (χ3v) is 6.03. The van der Waals surface area contributed by atoms with E-state index in [0.717, 1.165) is 27.3 Å². The van der Waals surface area contributed by atoms with E-state index in [-0.39, 0.29) is 17.5 Å². The lowest BCUT2D eigenvalue weighted by Crippen LogP contribution is -2.33. The smallest absolute Gasteiger partial charge is 0.282 e. The Morgan fingerprint density at radius 2 is 1.72 bits per heavy atom. The molecule has 2 aromatic carbocycles. The van der Waals surface area contributed by atoms with Crippen molar-refractivity contribution in [2.45, 2.75) is 20.8 Å². The van der Waals surface area contributed by atoms with Gasteiger partial charge in [-0.25, -0.2) is 4.90 Å². The van der Waals surface area contributed by atoms with Gasteiger partial charge >= 0.3 is 0 Å². The highest BCUT2D eigenvalue weighted by molar-refractivity contribution is 7.11. The number of rotatable bonds is 4. The fourth-order valence-electron chi connectivity index (χ4n) is 3.38. The molecule has 2 heterocycles. The first-order chi connectivity index (χ1) is 13.9. The normalized spacial score (nSPS) is 14.1. The number of aryl methyl sites for hydroxylation is 3. The molecule has 1 aliphatic rings. The van der Waals surface area contributed by atoms with E-state index in [2.05, 4.69) is 5.32 Å². The summed E-state index contributed by atoms with van der Waals surface area (Å²) in [6, 6.07) is 14.9. The molecule has 0 saturated heterocycles. The van der Waals surface area contributed by atoms with Crippen LogP contribution in [-0.2, 0) is 9.59 Å². The first kappa shape index (κ1) is 19.4. The number of carbonyl (C=O) groups excluding carboxylic acids is 2. The van der Waals surface area contributed by atoms with Crippen LogP contribution in [0.5, 0.6) is 0 Å². The molecule has 2 amide bonds. The minimum Gasteiger partial charge on any atom is -0.350 e. The second kappa shape index (κ2) is 7.50. The number of thiophene rings is 1. The summed E-state index contributed by atoms with van der Waals surface area (Å²) >= 11 is 7.50. The molecule has 0 aliphatic carbocycles. The van der Waals surface area contributed by atoms with E-state index in [1.807, 2.05) is 68.6 Å². The Kier molecular flexibility index (Phi) is 5.03. The summed E-state index contributed by atoms with van der Waals surface area (Å²) in [5.74, 6) is -0.679. The zero-order valence-corrected chi connectivity index (χ0v) is 17.8. The molecule has 0 bridgehead atoms. The second-order valence-electron chi connectivity index (χ2n) is 7.05. The molecule has 4 rings (SSSR count). The number of carbonyl (C=O) groups is 2. The Hall–Kier alpha value is -2.89. The SMILES string of the molecule is Cc1ccc(C)c(N2C(=O)C(Nc3ccc(Cl)cc3C)=C(c3cccs3)C2=O)c1. The molecule has 146 valence electrons. The standard InChI is InChI=1S/C23H19ClN2O2S/c1-13-6-7-14(2)18(11-13)26-22(27)20(19-5-4-10-29-19)21(23(26)28)25-17-9-8-16(24)12-15(17)3/h4-12,25H,1-3H3. The Morgan fingerprint density at radius 3 is 2.41 bits per heavy atom. The molecule has 4 nitrogen and oxygen atoms in total. The number of nitrogens with one attached hydrogen (secondary N) is 1. The first-order valence-corrected chi connectivity index (χ1v) is 10.4. The van der Waals surface area contributed by atoms with E-state index in [4.69, 9.17) is 11.6 Å². The molecule has 1 aromatic heterocycles. The number of hydrogen-bond donors (Lipinski definition) is 1. The Morgan fingerprint density at radius 1 is 0.931 bits per heavy atom. The maximum Gasteiger partial charge on any atom is 0.282 e. The number of imide groups is 1. The third kappa shape index (κ3) is 3.48. The molecule has 6 heteroatoms. The summed E-state index contributed by atoms with van der Waals surface area (Å²) in [4.78, 5) is 28.9. The fraction of sp³-hybridized carbons (Fsp3) is 0.130. The molecule has 0 radical (unpaired) electrons. The van der Waals surface area contributed by atoms with Crippen LogP contribution >= 0.6 is 22.9 Å². The van der Waals surface area contributed by atoms with Gasteiger partial charge in [-0.1, -0.05) is 29.8 Å². The highest BCUT2D eigenvalue weighted by atomic mass is 35.5. The van der Waals surface area contributed by atoms with Crippen molar-refractivity contribution in [3.63, 3.8) is 0 Å². The third-order valence-electron chi connectivity index (χ3n) is 4.91. The number of benzene rings is 2. The van der Waals surface area contributed by atoms with Gasteiger partial charge in [-0.2, -0.15) is 0 Å². The average molecular weight is 423 g/mol. The summed E-state index contributed by atoms with van der Waals surface area (Å²) in [5.41, 5.74) is 4.76. The maximum atomic E-state index is 13.4. The molecule has 0 atom stereocenters. The lowest BCUT2D eigenvalue weighted by Gasteiger charge is -2.18. The predicted octanol–water partition coefficient (Wildman–Crippen LogP) is 5.72. The summed E-state index contributed by atoms with van der Waals surface area (Å²) in [6.07, 6.45) is 0. The predicted molar refractivity (Wildman–Crippen MR) is 119 cm³/mol. The largest absolute Gasteiger partial charge is 0.350 e. The van der Waals surface area contributed by atoms with Crippen molar-refractivity contribution in [1.82, 2.24) is 0 Å². The zero-order valence-electron chi connectivity index (χ0n) is 16.2. The number of anilines is 2. The maximum absolute atomic E-state index is 13.4. The van der Waals surface area contributed by atoms with Gasteiger partial charge in [-0.15, -0.1) is 11.3 Å². The van der Waals surface area contributed by atoms with Crippen LogP contribution in [0.1, 0.15) is 21.6 Å². The molecule has 0 fully saturated rings. The van der Waals surface area contributed by atoms with Crippen LogP contribution in [0.2, 0.25) is 5.02 Å². The number of nitrogens with zero attached hydrogens (tertiary/aromatic N) is 1. The van der Waals surface area contributed by atoms with Crippen molar-refractivity contribution < 1.29 is 9.59 Å². The van der Waals surface area contributed by atoms with Crippen molar-refractivity contribution in [2.75, 3.05) is 10.2 Å². The van der Waals surface area contributed by atoms with Gasteiger partial charge in [-0.05, 0) is 73.2 Å². The van der Waals surface area contributed by atoms with Crippen LogP contribution in [0.3, 0.4) is 0 Å². The minimum absolute atomic E-state index is 0.281. The van der Waals surface area contributed by atoms with Crippen LogP contribution in [-0.4, -0.2) is 11.8 Å². The van der Waals surface area contributed by atoms with Gasteiger partial charge in [0.15, 0.2) is 0 Å². The van der Waals surface area contributed by atoms with Gasteiger partial charge in [0.1, 0.15) is 5.70 Å². The fourth-order valence-corrected chi connectivity index (χ4v) is 4.37. The van der Waals surface area contributed by atoms with E-state index in [1.54, 1.807) is 6.07 Å².